The van der Waals surface area contributed by atoms with Crippen molar-refractivity contribution in [3.63, 3.8) is 0 Å². The average Bonchev–Trinajstić information content (AvgIpc) is 2.78. The van der Waals surface area contributed by atoms with Gasteiger partial charge in [-0.05, 0) is 63.6 Å². The SMILES string of the molecule is CC(C)(C)OC(=O)N[C@@H]1CC[C@H](NC(=O)OCc2ccccc2)[C@H](CSc2ccccc2)C1. The van der Waals surface area contributed by atoms with Crippen molar-refractivity contribution in [1.29, 1.82) is 0 Å². The molecule has 2 N–H and O–H groups in total. The van der Waals surface area contributed by atoms with Crippen molar-refractivity contribution >= 4 is 23.9 Å². The zero-order valence-corrected chi connectivity index (χ0v) is 20.4. The summed E-state index contributed by atoms with van der Waals surface area (Å²) in [5.74, 6) is 1.02. The minimum Gasteiger partial charge on any atom is -0.445 e. The van der Waals surface area contributed by atoms with E-state index in [1.165, 1.54) is 4.90 Å². The Morgan fingerprint density at radius 1 is 0.939 bits per heavy atom. The molecule has 3 rings (SSSR count). The molecule has 0 heterocycles. The summed E-state index contributed by atoms with van der Waals surface area (Å²) in [7, 11) is 0. The van der Waals surface area contributed by atoms with Gasteiger partial charge in [0, 0.05) is 22.7 Å². The highest BCUT2D eigenvalue weighted by atomic mass is 32.2. The molecule has 2 aromatic rings. The summed E-state index contributed by atoms with van der Waals surface area (Å²) in [6.45, 7) is 5.81. The predicted octanol–water partition coefficient (Wildman–Crippen LogP) is 5.77. The molecule has 0 aliphatic heterocycles. The van der Waals surface area contributed by atoms with Crippen LogP contribution in [0.1, 0.15) is 45.6 Å². The van der Waals surface area contributed by atoms with Crippen LogP contribution in [0.5, 0.6) is 0 Å². The van der Waals surface area contributed by atoms with Gasteiger partial charge in [-0.2, -0.15) is 0 Å². The third-order valence-corrected chi connectivity index (χ3v) is 6.63. The first-order valence-corrected chi connectivity index (χ1v) is 12.4. The Morgan fingerprint density at radius 2 is 1.61 bits per heavy atom. The van der Waals surface area contributed by atoms with Crippen LogP contribution >= 0.6 is 11.8 Å². The Bertz CT molecular complexity index is 886. The van der Waals surface area contributed by atoms with Crippen molar-refractivity contribution in [1.82, 2.24) is 10.6 Å². The van der Waals surface area contributed by atoms with Crippen LogP contribution in [-0.2, 0) is 16.1 Å². The molecular weight excluding hydrogens is 436 g/mol. The third kappa shape index (κ3) is 9.00. The lowest BCUT2D eigenvalue weighted by Gasteiger charge is -2.36. The highest BCUT2D eigenvalue weighted by Crippen LogP contribution is 2.31. The van der Waals surface area contributed by atoms with Crippen LogP contribution in [0.15, 0.2) is 65.6 Å². The summed E-state index contributed by atoms with van der Waals surface area (Å²) >= 11 is 1.76. The minimum atomic E-state index is -0.534. The number of rotatable bonds is 7. The number of benzene rings is 2. The summed E-state index contributed by atoms with van der Waals surface area (Å²) in [5.41, 5.74) is 0.419. The Kier molecular flexibility index (Phi) is 9.06. The van der Waals surface area contributed by atoms with E-state index in [4.69, 9.17) is 9.47 Å². The smallest absolute Gasteiger partial charge is 0.407 e. The molecule has 1 aliphatic carbocycles. The summed E-state index contributed by atoms with van der Waals surface area (Å²) in [5, 5.41) is 6.08. The van der Waals surface area contributed by atoms with E-state index >= 15 is 0 Å². The lowest BCUT2D eigenvalue weighted by Crippen LogP contribution is -2.50. The van der Waals surface area contributed by atoms with Crippen LogP contribution < -0.4 is 10.6 Å². The van der Waals surface area contributed by atoms with Gasteiger partial charge in [0.2, 0.25) is 0 Å². The van der Waals surface area contributed by atoms with Crippen LogP contribution in [-0.4, -0.2) is 35.6 Å². The lowest BCUT2D eigenvalue weighted by atomic mass is 9.82. The number of nitrogens with one attached hydrogen (secondary N) is 2. The Morgan fingerprint density at radius 3 is 2.27 bits per heavy atom. The molecule has 1 fully saturated rings. The maximum absolute atomic E-state index is 12.5. The van der Waals surface area contributed by atoms with E-state index in [1.807, 2.05) is 69.3 Å². The molecule has 0 radical (unpaired) electrons. The number of hydrogen-bond acceptors (Lipinski definition) is 5. The van der Waals surface area contributed by atoms with Crippen molar-refractivity contribution in [2.24, 2.45) is 5.92 Å². The van der Waals surface area contributed by atoms with E-state index in [2.05, 4.69) is 22.8 Å². The van der Waals surface area contributed by atoms with Gasteiger partial charge in [0.1, 0.15) is 12.2 Å². The molecule has 178 valence electrons. The molecule has 0 bridgehead atoms. The van der Waals surface area contributed by atoms with Gasteiger partial charge in [0.15, 0.2) is 0 Å². The van der Waals surface area contributed by atoms with Gasteiger partial charge >= 0.3 is 12.2 Å². The van der Waals surface area contributed by atoms with Crippen molar-refractivity contribution < 1.29 is 19.1 Å². The summed E-state index contributed by atoms with van der Waals surface area (Å²) in [6, 6.07) is 19.8. The van der Waals surface area contributed by atoms with Crippen molar-refractivity contribution in [3.05, 3.63) is 66.2 Å². The van der Waals surface area contributed by atoms with Crippen LogP contribution in [0.3, 0.4) is 0 Å². The third-order valence-electron chi connectivity index (χ3n) is 5.43. The van der Waals surface area contributed by atoms with Gasteiger partial charge in [-0.1, -0.05) is 48.5 Å². The maximum atomic E-state index is 12.5. The van der Waals surface area contributed by atoms with Gasteiger partial charge in [-0.15, -0.1) is 11.8 Å². The van der Waals surface area contributed by atoms with E-state index in [9.17, 15) is 9.59 Å². The molecule has 7 heteroatoms. The second-order valence-corrected chi connectivity index (χ2v) is 10.4. The molecule has 33 heavy (non-hydrogen) atoms. The molecule has 1 aliphatic rings. The van der Waals surface area contributed by atoms with Gasteiger partial charge in [-0.3, -0.25) is 0 Å². The van der Waals surface area contributed by atoms with E-state index in [-0.39, 0.29) is 24.6 Å². The highest BCUT2D eigenvalue weighted by molar-refractivity contribution is 7.99. The number of carbonyl (C=O) groups excluding carboxylic acids is 2. The fourth-order valence-electron chi connectivity index (χ4n) is 3.88. The number of amides is 2. The zero-order valence-electron chi connectivity index (χ0n) is 19.6. The topological polar surface area (TPSA) is 76.7 Å². The Hall–Kier alpha value is -2.67. The summed E-state index contributed by atoms with van der Waals surface area (Å²) < 4.78 is 10.9. The number of ether oxygens (including phenoxy) is 2. The van der Waals surface area contributed by atoms with Crippen LogP contribution in [0.2, 0.25) is 0 Å². The van der Waals surface area contributed by atoms with Crippen molar-refractivity contribution in [3.8, 4) is 0 Å². The largest absolute Gasteiger partial charge is 0.445 e. The summed E-state index contributed by atoms with van der Waals surface area (Å²) in [6.07, 6.45) is 1.51. The average molecular weight is 471 g/mol. The maximum Gasteiger partial charge on any atom is 0.407 e. The number of thioether (sulfide) groups is 1. The minimum absolute atomic E-state index is 0.0128. The molecule has 0 saturated heterocycles. The normalized spacial score (nSPS) is 20.5. The van der Waals surface area contributed by atoms with E-state index in [1.54, 1.807) is 11.8 Å². The molecule has 6 nitrogen and oxygen atoms in total. The first-order chi connectivity index (χ1) is 15.8. The monoisotopic (exact) mass is 470 g/mol. The number of hydrogen-bond donors (Lipinski definition) is 2. The molecule has 3 atom stereocenters. The first-order valence-electron chi connectivity index (χ1n) is 11.4. The molecule has 2 amide bonds. The second kappa shape index (κ2) is 12.0. The van der Waals surface area contributed by atoms with Gasteiger partial charge in [-0.25, -0.2) is 9.59 Å². The van der Waals surface area contributed by atoms with Crippen LogP contribution in [0.25, 0.3) is 0 Å². The highest BCUT2D eigenvalue weighted by Gasteiger charge is 2.33. The van der Waals surface area contributed by atoms with Crippen LogP contribution in [0.4, 0.5) is 9.59 Å². The number of alkyl carbamates (subject to hydrolysis) is 2. The quantitative estimate of drug-likeness (QED) is 0.503. The van der Waals surface area contributed by atoms with Gasteiger partial charge in [0.05, 0.1) is 0 Å². The van der Waals surface area contributed by atoms with Crippen molar-refractivity contribution in [2.75, 3.05) is 5.75 Å². The van der Waals surface area contributed by atoms with E-state index in [0.29, 0.717) is 0 Å². The first kappa shape index (κ1) is 25.0. The van der Waals surface area contributed by atoms with Gasteiger partial charge in [0.25, 0.3) is 0 Å². The Balaban J connectivity index is 1.57. The second-order valence-electron chi connectivity index (χ2n) is 9.35. The zero-order chi connectivity index (χ0) is 23.7. The predicted molar refractivity (Wildman–Crippen MR) is 131 cm³/mol. The lowest BCUT2D eigenvalue weighted by molar-refractivity contribution is 0.0478. The fraction of sp³-hybridized carbons (Fsp3) is 0.462. The molecule has 2 aromatic carbocycles. The molecule has 0 spiro atoms. The number of carbonyl (C=O) groups is 2. The molecule has 1 saturated carbocycles. The van der Waals surface area contributed by atoms with E-state index in [0.717, 1.165) is 30.6 Å². The molecule has 0 aromatic heterocycles. The Labute approximate surface area is 200 Å². The molecular formula is C26H34N2O4S. The standard InChI is InChI=1S/C26H34N2O4S/c1-26(2,3)32-25(30)27-21-14-15-23(20(16-21)18-33-22-12-8-5-9-13-22)28-24(29)31-17-19-10-6-4-7-11-19/h4-13,20-21,23H,14-18H2,1-3H3,(H,27,30)(H,28,29)/t20-,21+,23-/m0/s1. The summed E-state index contributed by atoms with van der Waals surface area (Å²) in [4.78, 5) is 25.9. The van der Waals surface area contributed by atoms with E-state index < -0.39 is 17.8 Å². The molecule has 0 unspecified atom stereocenters. The van der Waals surface area contributed by atoms with Crippen LogP contribution in [0, 0.1) is 5.92 Å². The van der Waals surface area contributed by atoms with Crippen molar-refractivity contribution in [2.45, 2.75) is 69.2 Å². The fourth-order valence-corrected chi connectivity index (χ4v) is 5.00. The van der Waals surface area contributed by atoms with Gasteiger partial charge < -0.3 is 20.1 Å².